The summed E-state index contributed by atoms with van der Waals surface area (Å²) in [4.78, 5) is 10.5. The molecular weight excluding hydrogens is 358 g/mol. The number of carboxylic acid groups (broad SMARTS) is 1. The predicted molar refractivity (Wildman–Crippen MR) is 88.3 cm³/mol. The van der Waals surface area contributed by atoms with E-state index in [0.717, 1.165) is 4.31 Å². The number of hydrogen-bond acceptors (Lipinski definition) is 6. The SMILES string of the molecule is CCS(=O)(=O)CCOc1ccc(S(=O)(=O)N(C)CCC(=O)O)cc1. The highest BCUT2D eigenvalue weighted by Gasteiger charge is 2.21. The van der Waals surface area contributed by atoms with Crippen molar-refractivity contribution in [2.45, 2.75) is 18.2 Å². The first kappa shape index (κ1) is 20.4. The van der Waals surface area contributed by atoms with Gasteiger partial charge in [-0.3, -0.25) is 4.79 Å². The molecule has 24 heavy (non-hydrogen) atoms. The molecule has 0 aliphatic heterocycles. The zero-order chi connectivity index (χ0) is 18.4. The fourth-order valence-corrected chi connectivity index (χ4v) is 3.49. The van der Waals surface area contributed by atoms with E-state index in [9.17, 15) is 21.6 Å². The molecule has 1 rings (SSSR count). The van der Waals surface area contributed by atoms with Crippen molar-refractivity contribution in [1.82, 2.24) is 4.31 Å². The quantitative estimate of drug-likeness (QED) is 0.632. The van der Waals surface area contributed by atoms with Crippen LogP contribution in [0.3, 0.4) is 0 Å². The van der Waals surface area contributed by atoms with Crippen LogP contribution < -0.4 is 4.74 Å². The van der Waals surface area contributed by atoms with Gasteiger partial charge < -0.3 is 9.84 Å². The summed E-state index contributed by atoms with van der Waals surface area (Å²) >= 11 is 0. The van der Waals surface area contributed by atoms with Crippen LogP contribution in [0.4, 0.5) is 0 Å². The van der Waals surface area contributed by atoms with Gasteiger partial charge in [-0.2, -0.15) is 0 Å². The third-order valence-corrected chi connectivity index (χ3v) is 6.81. The van der Waals surface area contributed by atoms with Gasteiger partial charge in [0.1, 0.15) is 12.4 Å². The fraction of sp³-hybridized carbons (Fsp3) is 0.500. The van der Waals surface area contributed by atoms with Gasteiger partial charge >= 0.3 is 5.97 Å². The van der Waals surface area contributed by atoms with Crippen LogP contribution in [-0.2, 0) is 24.7 Å². The highest BCUT2D eigenvalue weighted by atomic mass is 32.2. The van der Waals surface area contributed by atoms with Crippen molar-refractivity contribution in [3.8, 4) is 5.75 Å². The lowest BCUT2D eigenvalue weighted by Gasteiger charge is -2.16. The Morgan fingerprint density at radius 2 is 1.75 bits per heavy atom. The maximum absolute atomic E-state index is 12.3. The Balaban J connectivity index is 2.71. The average molecular weight is 379 g/mol. The first-order valence-corrected chi connectivity index (χ1v) is 10.5. The van der Waals surface area contributed by atoms with Gasteiger partial charge in [0.25, 0.3) is 0 Å². The van der Waals surface area contributed by atoms with Crippen molar-refractivity contribution in [3.63, 3.8) is 0 Å². The molecule has 1 N–H and O–H groups in total. The van der Waals surface area contributed by atoms with Crippen LogP contribution in [0.25, 0.3) is 0 Å². The number of rotatable bonds is 10. The maximum Gasteiger partial charge on any atom is 0.304 e. The molecule has 0 fully saturated rings. The highest BCUT2D eigenvalue weighted by Crippen LogP contribution is 2.19. The summed E-state index contributed by atoms with van der Waals surface area (Å²) in [5.41, 5.74) is 0. The second-order valence-corrected chi connectivity index (χ2v) is 9.54. The predicted octanol–water partition coefficient (Wildman–Crippen LogP) is 0.595. The summed E-state index contributed by atoms with van der Waals surface area (Å²) in [6.07, 6.45) is -0.289. The molecule has 0 amide bonds. The van der Waals surface area contributed by atoms with Crippen LogP contribution in [0, 0.1) is 0 Å². The van der Waals surface area contributed by atoms with E-state index in [2.05, 4.69) is 0 Å². The van der Waals surface area contributed by atoms with Crippen molar-refractivity contribution >= 4 is 25.8 Å². The van der Waals surface area contributed by atoms with E-state index in [4.69, 9.17) is 9.84 Å². The average Bonchev–Trinajstić information content (AvgIpc) is 2.52. The fourth-order valence-electron chi connectivity index (χ4n) is 1.69. The molecule has 136 valence electrons. The van der Waals surface area contributed by atoms with Gasteiger partial charge in [-0.05, 0) is 24.3 Å². The number of sulfonamides is 1. The van der Waals surface area contributed by atoms with Crippen LogP contribution in [0.5, 0.6) is 5.75 Å². The van der Waals surface area contributed by atoms with E-state index in [1.54, 1.807) is 6.92 Å². The second kappa shape index (κ2) is 8.45. The number of hydrogen-bond donors (Lipinski definition) is 1. The number of aliphatic carboxylic acids is 1. The van der Waals surface area contributed by atoms with Crippen LogP contribution in [-0.4, -0.2) is 63.9 Å². The number of ether oxygens (including phenoxy) is 1. The number of benzene rings is 1. The largest absolute Gasteiger partial charge is 0.493 e. The van der Waals surface area contributed by atoms with E-state index in [-0.39, 0.29) is 36.0 Å². The summed E-state index contributed by atoms with van der Waals surface area (Å²) in [5.74, 6) is -0.797. The zero-order valence-corrected chi connectivity index (χ0v) is 15.1. The third-order valence-electron chi connectivity index (χ3n) is 3.28. The molecule has 8 nitrogen and oxygen atoms in total. The smallest absolute Gasteiger partial charge is 0.304 e. The van der Waals surface area contributed by atoms with Gasteiger partial charge in [0.2, 0.25) is 10.0 Å². The van der Waals surface area contributed by atoms with E-state index in [1.165, 1.54) is 31.3 Å². The molecule has 0 saturated heterocycles. The molecule has 0 aromatic heterocycles. The second-order valence-electron chi connectivity index (χ2n) is 5.03. The standard InChI is InChI=1S/C14H21NO7S2/c1-3-23(18,19)11-10-22-12-4-6-13(7-5-12)24(20,21)15(2)9-8-14(16)17/h4-7H,3,8-11H2,1-2H3,(H,16,17). The monoisotopic (exact) mass is 379 g/mol. The molecule has 0 aliphatic carbocycles. The Hall–Kier alpha value is -1.65. The molecule has 0 heterocycles. The normalized spacial score (nSPS) is 12.3. The molecule has 0 radical (unpaired) electrons. The van der Waals surface area contributed by atoms with E-state index < -0.39 is 25.8 Å². The van der Waals surface area contributed by atoms with Crippen LogP contribution in [0.15, 0.2) is 29.2 Å². The molecule has 10 heteroatoms. The molecule has 1 aromatic rings. The molecule has 0 unspecified atom stereocenters. The number of nitrogens with zero attached hydrogens (tertiary/aromatic N) is 1. The van der Waals surface area contributed by atoms with E-state index in [1.807, 2.05) is 0 Å². The molecule has 0 spiro atoms. The van der Waals surface area contributed by atoms with Crippen molar-refractivity contribution in [2.24, 2.45) is 0 Å². The minimum absolute atomic E-state index is 0.00363. The van der Waals surface area contributed by atoms with Gasteiger partial charge in [0.05, 0.1) is 17.1 Å². The topological polar surface area (TPSA) is 118 Å². The molecule has 0 saturated carbocycles. The lowest BCUT2D eigenvalue weighted by atomic mass is 10.3. The van der Waals surface area contributed by atoms with Crippen LogP contribution in [0.1, 0.15) is 13.3 Å². The summed E-state index contributed by atoms with van der Waals surface area (Å²) in [6, 6.07) is 5.51. The van der Waals surface area contributed by atoms with Crippen molar-refractivity contribution < 1.29 is 31.5 Å². The van der Waals surface area contributed by atoms with E-state index in [0.29, 0.717) is 5.75 Å². The van der Waals surface area contributed by atoms with Crippen LogP contribution in [0.2, 0.25) is 0 Å². The summed E-state index contributed by atoms with van der Waals surface area (Å²) in [6.45, 7) is 1.40. The lowest BCUT2D eigenvalue weighted by molar-refractivity contribution is -0.137. The molecular formula is C14H21NO7S2. The third kappa shape index (κ3) is 6.10. The Morgan fingerprint density at radius 3 is 2.25 bits per heavy atom. The summed E-state index contributed by atoms with van der Waals surface area (Å²) in [5, 5.41) is 8.61. The van der Waals surface area contributed by atoms with Crippen molar-refractivity contribution in [1.29, 1.82) is 0 Å². The molecule has 0 atom stereocenters. The number of carbonyl (C=O) groups is 1. The highest BCUT2D eigenvalue weighted by molar-refractivity contribution is 7.91. The van der Waals surface area contributed by atoms with Gasteiger partial charge in [-0.25, -0.2) is 21.1 Å². The molecule has 0 bridgehead atoms. The molecule has 0 aliphatic rings. The van der Waals surface area contributed by atoms with Crippen LogP contribution >= 0.6 is 0 Å². The minimum atomic E-state index is -3.78. The zero-order valence-electron chi connectivity index (χ0n) is 13.5. The van der Waals surface area contributed by atoms with E-state index >= 15 is 0 Å². The first-order chi connectivity index (χ1) is 11.1. The number of sulfone groups is 1. The van der Waals surface area contributed by atoms with Crippen molar-refractivity contribution in [3.05, 3.63) is 24.3 Å². The minimum Gasteiger partial charge on any atom is -0.493 e. The lowest BCUT2D eigenvalue weighted by Crippen LogP contribution is -2.29. The maximum atomic E-state index is 12.3. The van der Waals surface area contributed by atoms with Gasteiger partial charge in [0.15, 0.2) is 9.84 Å². The van der Waals surface area contributed by atoms with Crippen molar-refractivity contribution in [2.75, 3.05) is 31.7 Å². The Labute approximate surface area is 142 Å². The number of carboxylic acids is 1. The van der Waals surface area contributed by atoms with Gasteiger partial charge in [-0.1, -0.05) is 6.92 Å². The van der Waals surface area contributed by atoms with Gasteiger partial charge in [0, 0.05) is 19.3 Å². The Bertz CT molecular complexity index is 755. The Morgan fingerprint density at radius 1 is 1.17 bits per heavy atom. The Kier molecular flexibility index (Phi) is 7.18. The first-order valence-electron chi connectivity index (χ1n) is 7.20. The summed E-state index contributed by atoms with van der Waals surface area (Å²) in [7, 11) is -5.60. The summed E-state index contributed by atoms with van der Waals surface area (Å²) < 4.78 is 53.5. The molecule has 1 aromatic carbocycles. The van der Waals surface area contributed by atoms with Gasteiger partial charge in [-0.15, -0.1) is 0 Å².